The first-order valence-corrected chi connectivity index (χ1v) is 10.3. The van der Waals surface area contributed by atoms with Gasteiger partial charge in [0.1, 0.15) is 11.4 Å². The summed E-state index contributed by atoms with van der Waals surface area (Å²) in [5.41, 5.74) is -0.705. The van der Waals surface area contributed by atoms with E-state index in [9.17, 15) is 19.2 Å². The van der Waals surface area contributed by atoms with Crippen LogP contribution in [-0.4, -0.2) is 53.5 Å². The van der Waals surface area contributed by atoms with E-state index in [2.05, 4.69) is 26.3 Å². The minimum atomic E-state index is -0.903. The van der Waals surface area contributed by atoms with Crippen molar-refractivity contribution < 1.29 is 23.9 Å². The number of hydrogen-bond acceptors (Lipinski definition) is 6. The molecule has 1 aliphatic carbocycles. The summed E-state index contributed by atoms with van der Waals surface area (Å²) in [7, 11) is 1.54. The van der Waals surface area contributed by atoms with Gasteiger partial charge >= 0.3 is 17.9 Å². The van der Waals surface area contributed by atoms with Crippen molar-refractivity contribution in [2.75, 3.05) is 12.4 Å². The molecule has 0 unspecified atom stereocenters. The summed E-state index contributed by atoms with van der Waals surface area (Å²) in [5.74, 6) is -2.08. The number of alkyl carbamates (subject to hydrolysis) is 1. The molecular weight excluding hydrogens is 426 g/mol. The molecule has 4 amide bonds. The molecule has 1 heterocycles. The van der Waals surface area contributed by atoms with Crippen LogP contribution in [0.3, 0.4) is 0 Å². The van der Waals surface area contributed by atoms with Crippen molar-refractivity contribution in [3.63, 3.8) is 0 Å². The fourth-order valence-electron chi connectivity index (χ4n) is 3.26. The summed E-state index contributed by atoms with van der Waals surface area (Å²) in [6.45, 7) is 5.19. The van der Waals surface area contributed by atoms with Crippen LogP contribution in [0.15, 0.2) is 18.3 Å². The Morgan fingerprint density at radius 2 is 1.77 bits per heavy atom. The largest absolute Gasteiger partial charge is 0.444 e. The molecule has 11 heteroatoms. The molecule has 0 radical (unpaired) electrons. The Morgan fingerprint density at radius 3 is 2.35 bits per heavy atom. The van der Waals surface area contributed by atoms with Crippen molar-refractivity contribution >= 4 is 41.2 Å². The molecule has 1 aromatic heterocycles. The standard InChI is InChI=1S/C20H28ClN5O5/c1-20(2,3)31-19(30)25-14-9-11(16(27)22-4)5-7-13(14)24-17(28)18(29)26-15-8-6-12(21)10-23-15/h6,8,10-11,13-14H,5,7,9H2,1-4H3,(H,22,27)(H,24,28)(H,25,30)(H,23,26,29)/t11-,13-,14+/m1/s1. The van der Waals surface area contributed by atoms with Crippen molar-refractivity contribution in [1.82, 2.24) is 20.9 Å². The van der Waals surface area contributed by atoms with Crippen molar-refractivity contribution in [3.05, 3.63) is 23.4 Å². The molecule has 0 bridgehead atoms. The average molecular weight is 454 g/mol. The number of halogens is 1. The number of nitrogens with zero attached hydrogens (tertiary/aromatic N) is 1. The minimum Gasteiger partial charge on any atom is -0.444 e. The van der Waals surface area contributed by atoms with Crippen LogP contribution in [0.5, 0.6) is 0 Å². The molecule has 3 atom stereocenters. The maximum Gasteiger partial charge on any atom is 0.407 e. The zero-order valence-corrected chi connectivity index (χ0v) is 18.7. The molecule has 10 nitrogen and oxygen atoms in total. The highest BCUT2D eigenvalue weighted by Crippen LogP contribution is 2.25. The van der Waals surface area contributed by atoms with Crippen LogP contribution in [0, 0.1) is 5.92 Å². The molecule has 2 rings (SSSR count). The molecule has 0 aliphatic heterocycles. The number of rotatable bonds is 4. The van der Waals surface area contributed by atoms with Crippen LogP contribution in [0.25, 0.3) is 0 Å². The van der Waals surface area contributed by atoms with Crippen LogP contribution in [0.1, 0.15) is 40.0 Å². The van der Waals surface area contributed by atoms with Gasteiger partial charge in [-0.25, -0.2) is 9.78 Å². The fraction of sp³-hybridized carbons (Fsp3) is 0.550. The smallest absolute Gasteiger partial charge is 0.407 e. The first kappa shape index (κ1) is 24.4. The molecular formula is C20H28ClN5O5. The minimum absolute atomic E-state index is 0.146. The third-order valence-corrected chi connectivity index (χ3v) is 4.88. The number of pyridine rings is 1. The Bertz CT molecular complexity index is 824. The van der Waals surface area contributed by atoms with Gasteiger partial charge in [0.2, 0.25) is 5.91 Å². The van der Waals surface area contributed by atoms with Gasteiger partial charge in [-0.3, -0.25) is 14.4 Å². The van der Waals surface area contributed by atoms with Gasteiger partial charge in [-0.2, -0.15) is 0 Å². The Balaban J connectivity index is 2.04. The van der Waals surface area contributed by atoms with E-state index in [1.165, 1.54) is 18.3 Å². The van der Waals surface area contributed by atoms with Gasteiger partial charge in [0.05, 0.1) is 11.1 Å². The molecule has 0 aromatic carbocycles. The van der Waals surface area contributed by atoms with Crippen molar-refractivity contribution in [2.45, 2.75) is 57.7 Å². The third kappa shape index (κ3) is 7.71. The summed E-state index contributed by atoms with van der Waals surface area (Å²) in [4.78, 5) is 52.9. The molecule has 1 fully saturated rings. The number of carbonyl (C=O) groups excluding carboxylic acids is 4. The van der Waals surface area contributed by atoms with Gasteiger partial charge in [-0.15, -0.1) is 0 Å². The molecule has 0 spiro atoms. The monoisotopic (exact) mass is 453 g/mol. The summed E-state index contributed by atoms with van der Waals surface area (Å²) >= 11 is 5.75. The topological polar surface area (TPSA) is 139 Å². The molecule has 31 heavy (non-hydrogen) atoms. The lowest BCUT2D eigenvalue weighted by Gasteiger charge is -2.36. The van der Waals surface area contributed by atoms with Crippen LogP contribution in [0.2, 0.25) is 5.02 Å². The first-order valence-electron chi connectivity index (χ1n) is 9.93. The summed E-state index contributed by atoms with van der Waals surface area (Å²) in [6, 6.07) is 1.86. The van der Waals surface area contributed by atoms with Crippen LogP contribution in [-0.2, 0) is 19.1 Å². The molecule has 0 saturated heterocycles. The quantitative estimate of drug-likeness (QED) is 0.511. The number of aromatic nitrogens is 1. The Hall–Kier alpha value is -2.88. The Morgan fingerprint density at radius 1 is 1.06 bits per heavy atom. The van der Waals surface area contributed by atoms with Gasteiger partial charge in [0, 0.05) is 25.2 Å². The van der Waals surface area contributed by atoms with Crippen LogP contribution < -0.4 is 21.3 Å². The molecule has 1 aliphatic rings. The Labute approximate surface area is 185 Å². The SMILES string of the molecule is CNC(=O)[C@@H]1CC[C@@H](NC(=O)C(=O)Nc2ccc(Cl)cn2)[C@@H](NC(=O)OC(C)(C)C)C1. The third-order valence-electron chi connectivity index (χ3n) is 4.66. The second-order valence-corrected chi connectivity index (χ2v) is 8.71. The highest BCUT2D eigenvalue weighted by atomic mass is 35.5. The maximum absolute atomic E-state index is 12.4. The van der Waals surface area contributed by atoms with E-state index >= 15 is 0 Å². The lowest BCUT2D eigenvalue weighted by Crippen LogP contribution is -2.57. The molecule has 170 valence electrons. The predicted molar refractivity (Wildman–Crippen MR) is 114 cm³/mol. The van der Waals surface area contributed by atoms with Gasteiger partial charge in [-0.05, 0) is 52.2 Å². The van der Waals surface area contributed by atoms with Gasteiger partial charge in [-0.1, -0.05) is 11.6 Å². The van der Waals surface area contributed by atoms with Crippen molar-refractivity contribution in [1.29, 1.82) is 0 Å². The number of anilines is 1. The number of nitrogens with one attached hydrogen (secondary N) is 4. The number of carbonyl (C=O) groups is 4. The second-order valence-electron chi connectivity index (χ2n) is 8.27. The summed E-state index contributed by atoms with van der Waals surface area (Å²) in [6.07, 6.45) is 1.87. The summed E-state index contributed by atoms with van der Waals surface area (Å²) < 4.78 is 5.29. The number of ether oxygens (including phenoxy) is 1. The lowest BCUT2D eigenvalue weighted by molar-refractivity contribution is -0.137. The predicted octanol–water partition coefficient (Wildman–Crippen LogP) is 1.60. The number of amides is 4. The van der Waals surface area contributed by atoms with E-state index in [0.717, 1.165) is 0 Å². The van der Waals surface area contributed by atoms with Crippen LogP contribution in [0.4, 0.5) is 10.6 Å². The van der Waals surface area contributed by atoms with Crippen molar-refractivity contribution in [2.24, 2.45) is 5.92 Å². The van der Waals surface area contributed by atoms with E-state index in [-0.39, 0.29) is 17.6 Å². The Kier molecular flexibility index (Phi) is 8.21. The van der Waals surface area contributed by atoms with E-state index in [0.29, 0.717) is 24.3 Å². The second kappa shape index (κ2) is 10.4. The van der Waals surface area contributed by atoms with E-state index in [1.54, 1.807) is 27.8 Å². The van der Waals surface area contributed by atoms with Gasteiger partial charge in [0.15, 0.2) is 0 Å². The van der Waals surface area contributed by atoms with Crippen molar-refractivity contribution in [3.8, 4) is 0 Å². The van der Waals surface area contributed by atoms with Gasteiger partial charge < -0.3 is 26.0 Å². The fourth-order valence-corrected chi connectivity index (χ4v) is 3.37. The van der Waals surface area contributed by atoms with Crippen LogP contribution >= 0.6 is 11.6 Å². The summed E-state index contributed by atoms with van der Waals surface area (Å²) in [5, 5.41) is 10.7. The molecule has 1 aromatic rings. The van der Waals surface area contributed by atoms with E-state index < -0.39 is 35.6 Å². The number of hydrogen-bond donors (Lipinski definition) is 4. The average Bonchev–Trinajstić information content (AvgIpc) is 2.68. The molecule has 1 saturated carbocycles. The zero-order valence-electron chi connectivity index (χ0n) is 18.0. The highest BCUT2D eigenvalue weighted by Gasteiger charge is 2.37. The normalized spacial score (nSPS) is 20.9. The lowest BCUT2D eigenvalue weighted by atomic mass is 9.81. The first-order chi connectivity index (χ1) is 14.5. The maximum atomic E-state index is 12.4. The van der Waals surface area contributed by atoms with E-state index in [1.807, 2.05) is 0 Å². The highest BCUT2D eigenvalue weighted by molar-refractivity contribution is 6.39. The van der Waals surface area contributed by atoms with E-state index in [4.69, 9.17) is 16.3 Å². The molecule has 4 N–H and O–H groups in total. The van der Waals surface area contributed by atoms with Gasteiger partial charge in [0.25, 0.3) is 0 Å². The zero-order chi connectivity index (χ0) is 23.2.